The van der Waals surface area contributed by atoms with E-state index in [-0.39, 0.29) is 12.8 Å². The zero-order valence-corrected chi connectivity index (χ0v) is 30.9. The first-order valence-electron chi connectivity index (χ1n) is 17.0. The van der Waals surface area contributed by atoms with Gasteiger partial charge in [-0.25, -0.2) is 9.59 Å². The van der Waals surface area contributed by atoms with Gasteiger partial charge in [0.1, 0.15) is 5.54 Å². The zero-order chi connectivity index (χ0) is 37.8. The predicted molar refractivity (Wildman–Crippen MR) is 196 cm³/mol. The van der Waals surface area contributed by atoms with Gasteiger partial charge in [0.15, 0.2) is 6.61 Å². The summed E-state index contributed by atoms with van der Waals surface area (Å²) in [6, 6.07) is 19.6. The van der Waals surface area contributed by atoms with Gasteiger partial charge in [0.25, 0.3) is 5.91 Å². The molecule has 0 bridgehead atoms. The molecule has 0 radical (unpaired) electrons. The average Bonchev–Trinajstić information content (AvgIpc) is 3.09. The van der Waals surface area contributed by atoms with Crippen molar-refractivity contribution in [2.45, 2.75) is 84.5 Å². The highest BCUT2D eigenvalue weighted by molar-refractivity contribution is 5.92. The van der Waals surface area contributed by atoms with E-state index < -0.39 is 65.2 Å². The van der Waals surface area contributed by atoms with Crippen molar-refractivity contribution < 1.29 is 33.8 Å². The number of hydrogen-bond donors (Lipinski definition) is 5. The van der Waals surface area contributed by atoms with Crippen LogP contribution in [-0.2, 0) is 31.9 Å². The van der Waals surface area contributed by atoms with E-state index in [4.69, 9.17) is 9.47 Å². The van der Waals surface area contributed by atoms with E-state index in [0.29, 0.717) is 6.42 Å². The number of hydrogen-bond acceptors (Lipinski definition) is 8. The highest BCUT2D eigenvalue weighted by Crippen LogP contribution is 2.44. The van der Waals surface area contributed by atoms with Gasteiger partial charge < -0.3 is 35.8 Å². The third kappa shape index (κ3) is 11.0. The van der Waals surface area contributed by atoms with E-state index >= 15 is 0 Å². The number of rotatable bonds is 14. The molecule has 51 heavy (non-hydrogen) atoms. The quantitative estimate of drug-likeness (QED) is 0.160. The first-order valence-corrected chi connectivity index (χ1v) is 17.0. The molecule has 2 aromatic carbocycles. The van der Waals surface area contributed by atoms with Crippen LogP contribution in [0.3, 0.4) is 0 Å². The van der Waals surface area contributed by atoms with Crippen LogP contribution in [0.15, 0.2) is 79.1 Å². The molecule has 0 aliphatic rings. The summed E-state index contributed by atoms with van der Waals surface area (Å²) in [6.45, 7) is 10.7. The summed E-state index contributed by atoms with van der Waals surface area (Å²) < 4.78 is 9.91. The fourth-order valence-corrected chi connectivity index (χ4v) is 6.64. The summed E-state index contributed by atoms with van der Waals surface area (Å²) in [5.41, 5.74) is 0.662. The van der Waals surface area contributed by atoms with Crippen LogP contribution in [0.25, 0.3) is 11.1 Å². The number of carbonyl (C=O) groups excluding carboxylic acids is 4. The number of nitrogens with zero attached hydrogens (tertiary/aromatic N) is 1. The number of benzene rings is 2. The van der Waals surface area contributed by atoms with Crippen molar-refractivity contribution in [2.24, 2.45) is 10.8 Å². The van der Waals surface area contributed by atoms with Gasteiger partial charge in [-0.1, -0.05) is 102 Å². The number of aliphatic hydroxyl groups is 1. The minimum Gasteiger partial charge on any atom is -0.453 e. The summed E-state index contributed by atoms with van der Waals surface area (Å²) in [5, 5.41) is 23.0. The number of carbonyl (C=O) groups is 4. The molecule has 0 aliphatic heterocycles. The summed E-state index contributed by atoms with van der Waals surface area (Å²) in [5.74, 6) is -1.04. The van der Waals surface area contributed by atoms with E-state index in [9.17, 15) is 24.3 Å². The molecule has 1 heterocycles. The summed E-state index contributed by atoms with van der Waals surface area (Å²) >= 11 is 0. The van der Waals surface area contributed by atoms with Crippen LogP contribution in [0.5, 0.6) is 0 Å². The minimum atomic E-state index is -1.45. The lowest BCUT2D eigenvalue weighted by Gasteiger charge is -2.52. The maximum absolute atomic E-state index is 14.7. The number of pyridine rings is 1. The zero-order valence-electron chi connectivity index (χ0n) is 30.9. The van der Waals surface area contributed by atoms with Crippen LogP contribution in [0.1, 0.15) is 59.1 Å². The van der Waals surface area contributed by atoms with Gasteiger partial charge >= 0.3 is 12.2 Å². The first-order chi connectivity index (χ1) is 24.0. The van der Waals surface area contributed by atoms with Crippen molar-refractivity contribution >= 4 is 24.0 Å². The van der Waals surface area contributed by atoms with Gasteiger partial charge in [0.05, 0.1) is 19.3 Å². The Labute approximate surface area is 301 Å². The lowest BCUT2D eigenvalue weighted by atomic mass is 9.59. The molecule has 0 saturated heterocycles. The molecule has 12 nitrogen and oxygen atoms in total. The van der Waals surface area contributed by atoms with Crippen LogP contribution in [0.2, 0.25) is 0 Å². The van der Waals surface area contributed by atoms with Crippen molar-refractivity contribution in [2.75, 3.05) is 20.8 Å². The molecule has 4 amide bonds. The van der Waals surface area contributed by atoms with E-state index in [2.05, 4.69) is 26.3 Å². The van der Waals surface area contributed by atoms with E-state index in [1.807, 2.05) is 108 Å². The van der Waals surface area contributed by atoms with Crippen LogP contribution < -0.4 is 21.3 Å². The normalized spacial score (nSPS) is 13.6. The van der Waals surface area contributed by atoms with Crippen molar-refractivity contribution in [3.8, 4) is 11.1 Å². The number of aromatic nitrogens is 1. The van der Waals surface area contributed by atoms with E-state index in [1.165, 1.54) is 14.2 Å². The predicted octanol–water partition coefficient (Wildman–Crippen LogP) is 4.80. The number of ether oxygens (including phenoxy) is 2. The molecule has 276 valence electrons. The van der Waals surface area contributed by atoms with Crippen LogP contribution >= 0.6 is 0 Å². The molecule has 5 N–H and O–H groups in total. The molecule has 0 aliphatic carbocycles. The van der Waals surface area contributed by atoms with Crippen molar-refractivity contribution in [3.63, 3.8) is 0 Å². The lowest BCUT2D eigenvalue weighted by Crippen LogP contribution is -2.72. The van der Waals surface area contributed by atoms with Crippen LogP contribution in [0, 0.1) is 10.8 Å². The van der Waals surface area contributed by atoms with Gasteiger partial charge in [-0.3, -0.25) is 14.6 Å². The number of methoxy groups -OCH3 is 1. The number of aliphatic hydroxyl groups excluding tert-OH is 1. The average molecular weight is 704 g/mol. The fourth-order valence-electron chi connectivity index (χ4n) is 6.64. The molecule has 12 heteroatoms. The molecule has 0 spiro atoms. The molecular formula is C39H53N5O7. The molecule has 0 saturated carbocycles. The maximum atomic E-state index is 14.7. The SMILES string of the molecule is CNC(=O)OCC(=O)NC(Cc1ccccc1)C(O)CC(Cc1ccc(-c2cccnc2)cc1)NC(=O)C(NC(=O)OC)(C(C)(C)C)C(C)(C)C. The fraction of sp³-hybridized carbons (Fsp3) is 0.462. The van der Waals surface area contributed by atoms with E-state index in [0.717, 1.165) is 22.3 Å². The Morgan fingerprint density at radius 1 is 0.784 bits per heavy atom. The van der Waals surface area contributed by atoms with Gasteiger partial charge in [0.2, 0.25) is 5.91 Å². The largest absolute Gasteiger partial charge is 0.453 e. The monoisotopic (exact) mass is 703 g/mol. The minimum absolute atomic E-state index is 0.0345. The second kappa shape index (κ2) is 17.8. The van der Waals surface area contributed by atoms with Gasteiger partial charge in [-0.05, 0) is 58.4 Å². The Kier molecular flexibility index (Phi) is 14.1. The second-order valence-corrected chi connectivity index (χ2v) is 14.7. The summed E-state index contributed by atoms with van der Waals surface area (Å²) in [4.78, 5) is 56.2. The smallest absolute Gasteiger partial charge is 0.407 e. The van der Waals surface area contributed by atoms with Crippen molar-refractivity contribution in [3.05, 3.63) is 90.3 Å². The van der Waals surface area contributed by atoms with Gasteiger partial charge in [0, 0.05) is 25.5 Å². The second-order valence-electron chi connectivity index (χ2n) is 14.7. The molecule has 3 unspecified atom stereocenters. The van der Waals surface area contributed by atoms with E-state index in [1.54, 1.807) is 12.4 Å². The molecule has 3 atom stereocenters. The number of nitrogens with one attached hydrogen (secondary N) is 4. The highest BCUT2D eigenvalue weighted by Gasteiger charge is 2.58. The Hall–Kier alpha value is -4.97. The first kappa shape index (κ1) is 40.5. The van der Waals surface area contributed by atoms with Crippen molar-refractivity contribution in [1.82, 2.24) is 26.3 Å². The standard InChI is InChI=1S/C39H53N5O7/c1-37(2,3)39(38(4,5)6,44-36(49)50-8)34(47)42-30(21-27-16-18-28(19-17-27)29-15-12-20-41-24-29)23-32(45)31(22-26-13-10-9-11-14-26)43-33(46)25-51-35(48)40-7/h9-20,24,30-32,45H,21-23,25H2,1-8H3,(H,40,48)(H,42,47)(H,43,46)(H,44,49). The van der Waals surface area contributed by atoms with Gasteiger partial charge in [-0.15, -0.1) is 0 Å². The van der Waals surface area contributed by atoms with Crippen LogP contribution in [0.4, 0.5) is 9.59 Å². The molecule has 3 aromatic rings. The maximum Gasteiger partial charge on any atom is 0.407 e. The Bertz CT molecular complexity index is 1570. The van der Waals surface area contributed by atoms with Crippen molar-refractivity contribution in [1.29, 1.82) is 0 Å². The third-order valence-electron chi connectivity index (χ3n) is 9.01. The number of alkyl carbamates (subject to hydrolysis) is 2. The Morgan fingerprint density at radius 2 is 1.41 bits per heavy atom. The van der Waals surface area contributed by atoms with Crippen LogP contribution in [-0.4, -0.2) is 78.6 Å². The Morgan fingerprint density at radius 3 is 1.96 bits per heavy atom. The molecule has 1 aromatic heterocycles. The summed E-state index contributed by atoms with van der Waals surface area (Å²) in [6.07, 6.45) is 1.46. The third-order valence-corrected chi connectivity index (χ3v) is 9.01. The number of amides is 4. The molecule has 3 rings (SSSR count). The van der Waals surface area contributed by atoms with Gasteiger partial charge in [-0.2, -0.15) is 0 Å². The topological polar surface area (TPSA) is 168 Å². The summed E-state index contributed by atoms with van der Waals surface area (Å²) in [7, 11) is 2.64. The molecule has 0 fully saturated rings. The highest BCUT2D eigenvalue weighted by atomic mass is 16.6. The lowest BCUT2D eigenvalue weighted by molar-refractivity contribution is -0.140. The molecular weight excluding hydrogens is 650 g/mol. The Balaban J connectivity index is 2.00.